The Morgan fingerprint density at radius 1 is 1.35 bits per heavy atom. The molecule has 0 atom stereocenters. The standard InChI is InChI=1S/C13H15NO4S2/c1-2-18-12-6-5-11(8-10(12)9-15)14-20(16,17)13-4-3-7-19-13/h3-8,14-15H,2,9H2,1H3. The lowest BCUT2D eigenvalue weighted by Crippen LogP contribution is -2.11. The maximum absolute atomic E-state index is 12.1. The van der Waals surface area contributed by atoms with Crippen LogP contribution in [-0.4, -0.2) is 20.1 Å². The second kappa shape index (κ2) is 6.25. The number of hydrogen-bond acceptors (Lipinski definition) is 5. The van der Waals surface area contributed by atoms with Gasteiger partial charge in [0.05, 0.1) is 13.2 Å². The van der Waals surface area contributed by atoms with E-state index >= 15 is 0 Å². The van der Waals surface area contributed by atoms with E-state index in [9.17, 15) is 13.5 Å². The van der Waals surface area contributed by atoms with Crippen LogP contribution in [0.1, 0.15) is 12.5 Å². The van der Waals surface area contributed by atoms with Gasteiger partial charge in [0, 0.05) is 11.3 Å². The molecule has 0 radical (unpaired) electrons. The summed E-state index contributed by atoms with van der Waals surface area (Å²) in [5, 5.41) is 11.0. The van der Waals surface area contributed by atoms with Crippen molar-refractivity contribution in [3.8, 4) is 5.75 Å². The van der Waals surface area contributed by atoms with Gasteiger partial charge in [-0.3, -0.25) is 4.72 Å². The van der Waals surface area contributed by atoms with Crippen molar-refractivity contribution in [2.45, 2.75) is 17.7 Å². The molecule has 1 aromatic carbocycles. The molecule has 0 unspecified atom stereocenters. The molecule has 7 heteroatoms. The van der Waals surface area contributed by atoms with Crippen LogP contribution >= 0.6 is 11.3 Å². The van der Waals surface area contributed by atoms with E-state index in [0.29, 0.717) is 23.6 Å². The molecule has 0 aliphatic rings. The molecule has 1 aromatic heterocycles. The van der Waals surface area contributed by atoms with Crippen LogP contribution in [0, 0.1) is 0 Å². The Hall–Kier alpha value is -1.57. The van der Waals surface area contributed by atoms with Crippen LogP contribution in [0.15, 0.2) is 39.9 Å². The summed E-state index contributed by atoms with van der Waals surface area (Å²) in [5.74, 6) is 0.550. The highest BCUT2D eigenvalue weighted by Crippen LogP contribution is 2.25. The van der Waals surface area contributed by atoms with E-state index in [1.165, 1.54) is 6.07 Å². The van der Waals surface area contributed by atoms with Gasteiger partial charge in [-0.1, -0.05) is 6.07 Å². The minimum absolute atomic E-state index is 0.218. The van der Waals surface area contributed by atoms with E-state index < -0.39 is 10.0 Å². The van der Waals surface area contributed by atoms with E-state index in [1.54, 1.807) is 29.6 Å². The summed E-state index contributed by atoms with van der Waals surface area (Å²) in [6.07, 6.45) is 0. The summed E-state index contributed by atoms with van der Waals surface area (Å²) < 4.78 is 32.2. The van der Waals surface area contributed by atoms with Crippen LogP contribution in [0.4, 0.5) is 5.69 Å². The van der Waals surface area contributed by atoms with Gasteiger partial charge in [0.15, 0.2) is 0 Å². The number of sulfonamides is 1. The smallest absolute Gasteiger partial charge is 0.271 e. The summed E-state index contributed by atoms with van der Waals surface area (Å²) in [5.41, 5.74) is 0.934. The lowest BCUT2D eigenvalue weighted by molar-refractivity contribution is 0.267. The van der Waals surface area contributed by atoms with Crippen LogP contribution in [0.2, 0.25) is 0 Å². The first kappa shape index (κ1) is 14.8. The number of nitrogens with one attached hydrogen (secondary N) is 1. The van der Waals surface area contributed by atoms with Gasteiger partial charge in [-0.15, -0.1) is 11.3 Å². The van der Waals surface area contributed by atoms with E-state index in [1.807, 2.05) is 6.92 Å². The fourth-order valence-corrected chi connectivity index (χ4v) is 3.73. The first-order chi connectivity index (χ1) is 9.56. The zero-order valence-electron chi connectivity index (χ0n) is 10.9. The average molecular weight is 313 g/mol. The number of aliphatic hydroxyl groups excluding tert-OH is 1. The predicted octanol–water partition coefficient (Wildman–Crippen LogP) is 2.44. The quantitative estimate of drug-likeness (QED) is 0.859. The molecule has 5 nitrogen and oxygen atoms in total. The van der Waals surface area contributed by atoms with Gasteiger partial charge in [0.2, 0.25) is 0 Å². The third kappa shape index (κ3) is 3.30. The van der Waals surface area contributed by atoms with Gasteiger partial charge in [0.1, 0.15) is 9.96 Å². The molecule has 20 heavy (non-hydrogen) atoms. The fourth-order valence-electron chi connectivity index (χ4n) is 1.68. The maximum atomic E-state index is 12.1. The first-order valence-corrected chi connectivity index (χ1v) is 8.36. The van der Waals surface area contributed by atoms with E-state index in [4.69, 9.17) is 4.74 Å². The molecule has 0 fully saturated rings. The number of benzene rings is 1. The lowest BCUT2D eigenvalue weighted by Gasteiger charge is -2.11. The molecule has 1 heterocycles. The van der Waals surface area contributed by atoms with Crippen LogP contribution < -0.4 is 9.46 Å². The molecule has 0 aliphatic carbocycles. The van der Waals surface area contributed by atoms with Gasteiger partial charge >= 0.3 is 0 Å². The van der Waals surface area contributed by atoms with Gasteiger partial charge in [-0.2, -0.15) is 0 Å². The summed E-state index contributed by atoms with van der Waals surface area (Å²) in [6, 6.07) is 8.03. The Morgan fingerprint density at radius 3 is 2.75 bits per heavy atom. The number of hydrogen-bond donors (Lipinski definition) is 2. The monoisotopic (exact) mass is 313 g/mol. The van der Waals surface area contributed by atoms with Crippen molar-refractivity contribution in [3.63, 3.8) is 0 Å². The minimum atomic E-state index is -3.57. The summed E-state index contributed by atoms with van der Waals surface area (Å²) in [7, 11) is -3.57. The zero-order valence-corrected chi connectivity index (χ0v) is 12.5. The number of anilines is 1. The molecule has 0 amide bonds. The molecule has 0 aliphatic heterocycles. The summed E-state index contributed by atoms with van der Waals surface area (Å²) >= 11 is 1.15. The highest BCUT2D eigenvalue weighted by Gasteiger charge is 2.16. The molecule has 108 valence electrons. The molecule has 0 saturated heterocycles. The third-order valence-electron chi connectivity index (χ3n) is 2.54. The van der Waals surface area contributed by atoms with E-state index in [-0.39, 0.29) is 10.8 Å². The number of thiophene rings is 1. The predicted molar refractivity (Wildman–Crippen MR) is 78.7 cm³/mol. The van der Waals surface area contributed by atoms with Crippen molar-refractivity contribution in [2.75, 3.05) is 11.3 Å². The fraction of sp³-hybridized carbons (Fsp3) is 0.231. The lowest BCUT2D eigenvalue weighted by atomic mass is 10.2. The third-order valence-corrected chi connectivity index (χ3v) is 5.32. The first-order valence-electron chi connectivity index (χ1n) is 5.99. The second-order valence-corrected chi connectivity index (χ2v) is 6.81. The van der Waals surface area contributed by atoms with E-state index in [0.717, 1.165) is 11.3 Å². The second-order valence-electron chi connectivity index (χ2n) is 3.95. The molecule has 0 saturated carbocycles. The zero-order chi connectivity index (χ0) is 14.6. The minimum Gasteiger partial charge on any atom is -0.494 e. The number of aliphatic hydroxyl groups is 1. The van der Waals surface area contributed by atoms with Crippen molar-refractivity contribution in [1.29, 1.82) is 0 Å². The highest BCUT2D eigenvalue weighted by molar-refractivity contribution is 7.94. The molecule has 2 N–H and O–H groups in total. The van der Waals surface area contributed by atoms with E-state index in [2.05, 4.69) is 4.72 Å². The van der Waals surface area contributed by atoms with Gasteiger partial charge in [-0.05, 0) is 36.6 Å². The van der Waals surface area contributed by atoms with Crippen molar-refractivity contribution in [3.05, 3.63) is 41.3 Å². The molecule has 0 bridgehead atoms. The molecular weight excluding hydrogens is 298 g/mol. The Kier molecular flexibility index (Phi) is 4.64. The van der Waals surface area contributed by atoms with Crippen molar-refractivity contribution < 1.29 is 18.3 Å². The number of ether oxygens (including phenoxy) is 1. The van der Waals surface area contributed by atoms with Crippen LogP contribution in [0.3, 0.4) is 0 Å². The summed E-state index contributed by atoms with van der Waals surface area (Å²) in [4.78, 5) is 0. The van der Waals surface area contributed by atoms with Gasteiger partial charge < -0.3 is 9.84 Å². The van der Waals surface area contributed by atoms with Gasteiger partial charge in [-0.25, -0.2) is 8.42 Å². The Bertz CT molecular complexity index is 666. The maximum Gasteiger partial charge on any atom is 0.271 e. The largest absolute Gasteiger partial charge is 0.494 e. The number of rotatable bonds is 6. The summed E-state index contributed by atoms with van der Waals surface area (Å²) in [6.45, 7) is 2.10. The van der Waals surface area contributed by atoms with Crippen molar-refractivity contribution in [1.82, 2.24) is 0 Å². The molecule has 2 aromatic rings. The Morgan fingerprint density at radius 2 is 2.15 bits per heavy atom. The molecule has 0 spiro atoms. The van der Waals surface area contributed by atoms with Gasteiger partial charge in [0.25, 0.3) is 10.0 Å². The average Bonchev–Trinajstić information content (AvgIpc) is 2.95. The van der Waals surface area contributed by atoms with Crippen molar-refractivity contribution in [2.24, 2.45) is 0 Å². The molecular formula is C13H15NO4S2. The normalized spacial score (nSPS) is 11.3. The van der Waals surface area contributed by atoms with Crippen LogP contribution in [0.5, 0.6) is 5.75 Å². The Balaban J connectivity index is 2.26. The Labute approximate surface area is 121 Å². The SMILES string of the molecule is CCOc1ccc(NS(=O)(=O)c2cccs2)cc1CO. The molecule has 2 rings (SSSR count). The topological polar surface area (TPSA) is 75.6 Å². The highest BCUT2D eigenvalue weighted by atomic mass is 32.2. The van der Waals surface area contributed by atoms with Crippen LogP contribution in [0.25, 0.3) is 0 Å². The van der Waals surface area contributed by atoms with Crippen molar-refractivity contribution >= 4 is 27.0 Å². The van der Waals surface area contributed by atoms with Crippen LogP contribution in [-0.2, 0) is 16.6 Å².